The van der Waals surface area contributed by atoms with E-state index in [0.29, 0.717) is 41.1 Å². The molecule has 0 bridgehead atoms. The minimum atomic E-state index is -0.634. The average Bonchev–Trinajstić information content (AvgIpc) is 2.90. The highest BCUT2D eigenvalue weighted by molar-refractivity contribution is 6.33. The number of fused-ring (bicyclic) bond motifs is 1. The lowest BCUT2D eigenvalue weighted by atomic mass is 9.93. The molecule has 6 nitrogen and oxygen atoms in total. The summed E-state index contributed by atoms with van der Waals surface area (Å²) in [5, 5.41) is 0. The van der Waals surface area contributed by atoms with Gasteiger partial charge in [0.05, 0.1) is 17.9 Å². The quantitative estimate of drug-likeness (QED) is 0.606. The van der Waals surface area contributed by atoms with E-state index in [1.165, 1.54) is 9.80 Å². The van der Waals surface area contributed by atoms with Gasteiger partial charge < -0.3 is 4.74 Å². The molecule has 2 aliphatic heterocycles. The van der Waals surface area contributed by atoms with E-state index in [1.807, 2.05) is 0 Å². The number of carbonyl (C=O) groups excluding carboxylic acids is 3. The van der Waals surface area contributed by atoms with Crippen LogP contribution in [0, 0.1) is 12.3 Å². The Bertz CT molecular complexity index is 881. The Labute approximate surface area is 151 Å². The van der Waals surface area contributed by atoms with Crippen molar-refractivity contribution in [2.24, 2.45) is 0 Å². The summed E-state index contributed by atoms with van der Waals surface area (Å²) in [6.45, 7) is 1.76. The van der Waals surface area contributed by atoms with Gasteiger partial charge in [-0.2, -0.15) is 0 Å². The standard InChI is InChI=1S/C20H18N2O4/c1-3-10-21-16-11-13(8-9-17(16)26-12(2)18(21)23)22-19(24)14-6-4-5-7-15(14)20(22)25/h1,8-9,11-12H,4-7,10H2,2H3. The lowest BCUT2D eigenvalue weighted by Crippen LogP contribution is -2.44. The molecule has 3 amide bonds. The first-order chi connectivity index (χ1) is 12.5. The van der Waals surface area contributed by atoms with Crippen molar-refractivity contribution >= 4 is 29.1 Å². The molecule has 1 aromatic rings. The summed E-state index contributed by atoms with van der Waals surface area (Å²) in [6, 6.07) is 4.98. The normalized spacial score (nSPS) is 22.2. The Kier molecular flexibility index (Phi) is 3.80. The number of carbonyl (C=O) groups is 3. The van der Waals surface area contributed by atoms with Crippen molar-refractivity contribution in [3.8, 4) is 18.1 Å². The zero-order valence-corrected chi connectivity index (χ0v) is 14.4. The molecule has 0 aromatic heterocycles. The van der Waals surface area contributed by atoms with E-state index in [4.69, 9.17) is 11.2 Å². The van der Waals surface area contributed by atoms with E-state index in [2.05, 4.69) is 5.92 Å². The maximum absolute atomic E-state index is 12.7. The molecule has 2 heterocycles. The van der Waals surface area contributed by atoms with Gasteiger partial charge >= 0.3 is 0 Å². The van der Waals surface area contributed by atoms with Gasteiger partial charge in [-0.1, -0.05) is 5.92 Å². The molecule has 0 N–H and O–H groups in total. The van der Waals surface area contributed by atoms with Crippen molar-refractivity contribution in [1.82, 2.24) is 0 Å². The molecule has 0 fully saturated rings. The van der Waals surface area contributed by atoms with Gasteiger partial charge in [0.2, 0.25) is 0 Å². The largest absolute Gasteiger partial charge is 0.479 e. The second kappa shape index (κ2) is 6.03. The summed E-state index contributed by atoms with van der Waals surface area (Å²) < 4.78 is 5.63. The van der Waals surface area contributed by atoms with Gasteiger partial charge in [-0.3, -0.25) is 19.3 Å². The molecule has 1 atom stereocenters. The molecule has 6 heteroatoms. The second-order valence-corrected chi connectivity index (χ2v) is 6.65. The third-order valence-electron chi connectivity index (χ3n) is 5.05. The molecule has 0 saturated carbocycles. The Morgan fingerprint density at radius 3 is 2.42 bits per heavy atom. The summed E-state index contributed by atoms with van der Waals surface area (Å²) in [4.78, 5) is 40.5. The zero-order chi connectivity index (χ0) is 18.4. The predicted molar refractivity (Wildman–Crippen MR) is 95.7 cm³/mol. The van der Waals surface area contributed by atoms with E-state index < -0.39 is 6.10 Å². The zero-order valence-electron chi connectivity index (χ0n) is 14.4. The molecule has 132 valence electrons. The topological polar surface area (TPSA) is 66.9 Å². The molecule has 0 spiro atoms. The van der Waals surface area contributed by atoms with Crippen LogP contribution < -0.4 is 14.5 Å². The van der Waals surface area contributed by atoms with Gasteiger partial charge in [0, 0.05) is 11.1 Å². The van der Waals surface area contributed by atoms with Crippen LogP contribution in [0.3, 0.4) is 0 Å². The maximum Gasteiger partial charge on any atom is 0.268 e. The summed E-state index contributed by atoms with van der Waals surface area (Å²) in [5.74, 6) is 2.21. The molecule has 1 aromatic carbocycles. The van der Waals surface area contributed by atoms with Crippen LogP contribution in [0.25, 0.3) is 0 Å². The van der Waals surface area contributed by atoms with Gasteiger partial charge in [-0.05, 0) is 50.8 Å². The molecule has 4 rings (SSSR count). The summed E-state index contributed by atoms with van der Waals surface area (Å²) in [7, 11) is 0. The molecule has 1 unspecified atom stereocenters. The van der Waals surface area contributed by atoms with E-state index >= 15 is 0 Å². The summed E-state index contributed by atoms with van der Waals surface area (Å²) in [5.41, 5.74) is 2.16. The minimum absolute atomic E-state index is 0.0969. The number of amides is 3. The highest BCUT2D eigenvalue weighted by Crippen LogP contribution is 2.40. The predicted octanol–water partition coefficient (Wildman–Crippen LogP) is 2.18. The van der Waals surface area contributed by atoms with Gasteiger partial charge in [0.1, 0.15) is 5.75 Å². The lowest BCUT2D eigenvalue weighted by Gasteiger charge is -2.32. The maximum atomic E-state index is 12.7. The smallest absolute Gasteiger partial charge is 0.268 e. The number of terminal acetylenes is 1. The fraction of sp³-hybridized carbons (Fsp3) is 0.350. The van der Waals surface area contributed by atoms with E-state index in [0.717, 1.165) is 12.8 Å². The van der Waals surface area contributed by atoms with Crippen LogP contribution in [-0.4, -0.2) is 30.4 Å². The number of nitrogens with zero attached hydrogens (tertiary/aromatic N) is 2. The average molecular weight is 350 g/mol. The van der Waals surface area contributed by atoms with Gasteiger partial charge in [0.25, 0.3) is 17.7 Å². The first kappa shape index (κ1) is 16.4. The van der Waals surface area contributed by atoms with Crippen LogP contribution >= 0.6 is 0 Å². The third-order valence-corrected chi connectivity index (χ3v) is 5.05. The number of benzene rings is 1. The summed E-state index contributed by atoms with van der Waals surface area (Å²) >= 11 is 0. The Morgan fingerprint density at radius 1 is 1.15 bits per heavy atom. The Balaban J connectivity index is 1.74. The number of rotatable bonds is 2. The molecule has 0 saturated heterocycles. The fourth-order valence-corrected chi connectivity index (χ4v) is 3.76. The number of ether oxygens (including phenoxy) is 1. The highest BCUT2D eigenvalue weighted by atomic mass is 16.5. The second-order valence-electron chi connectivity index (χ2n) is 6.65. The number of anilines is 2. The van der Waals surface area contributed by atoms with Gasteiger partial charge in [-0.25, -0.2) is 4.90 Å². The van der Waals surface area contributed by atoms with E-state index in [1.54, 1.807) is 25.1 Å². The van der Waals surface area contributed by atoms with Crippen LogP contribution in [0.1, 0.15) is 32.6 Å². The van der Waals surface area contributed by atoms with Crippen molar-refractivity contribution in [3.63, 3.8) is 0 Å². The van der Waals surface area contributed by atoms with Crippen LogP contribution in [0.5, 0.6) is 5.75 Å². The van der Waals surface area contributed by atoms with Crippen molar-refractivity contribution in [2.45, 2.75) is 38.7 Å². The molecule has 3 aliphatic rings. The lowest BCUT2D eigenvalue weighted by molar-refractivity contribution is -0.125. The van der Waals surface area contributed by atoms with Crippen molar-refractivity contribution in [2.75, 3.05) is 16.3 Å². The van der Waals surface area contributed by atoms with Crippen molar-refractivity contribution in [1.29, 1.82) is 0 Å². The van der Waals surface area contributed by atoms with E-state index in [9.17, 15) is 14.4 Å². The Morgan fingerprint density at radius 2 is 1.81 bits per heavy atom. The minimum Gasteiger partial charge on any atom is -0.479 e. The highest BCUT2D eigenvalue weighted by Gasteiger charge is 2.40. The first-order valence-corrected chi connectivity index (χ1v) is 8.69. The molecule has 26 heavy (non-hydrogen) atoms. The number of hydrogen-bond donors (Lipinski definition) is 0. The Hall–Kier alpha value is -3.07. The number of hydrogen-bond acceptors (Lipinski definition) is 4. The SMILES string of the molecule is C#CCN1C(=O)C(C)Oc2ccc(N3C(=O)C4=C(CCCC4)C3=O)cc21. The number of imide groups is 1. The molecular formula is C20H18N2O4. The fourth-order valence-electron chi connectivity index (χ4n) is 3.76. The van der Waals surface area contributed by atoms with Crippen molar-refractivity contribution < 1.29 is 19.1 Å². The van der Waals surface area contributed by atoms with E-state index in [-0.39, 0.29) is 24.3 Å². The molecule has 0 radical (unpaired) electrons. The third kappa shape index (κ3) is 2.31. The molecule has 1 aliphatic carbocycles. The first-order valence-electron chi connectivity index (χ1n) is 8.69. The van der Waals surface area contributed by atoms with Crippen LogP contribution in [0.4, 0.5) is 11.4 Å². The summed E-state index contributed by atoms with van der Waals surface area (Å²) in [6.07, 6.45) is 7.89. The van der Waals surface area contributed by atoms with Crippen LogP contribution in [0.2, 0.25) is 0 Å². The molecular weight excluding hydrogens is 332 g/mol. The van der Waals surface area contributed by atoms with Crippen molar-refractivity contribution in [3.05, 3.63) is 29.3 Å². The van der Waals surface area contributed by atoms with Gasteiger partial charge in [-0.15, -0.1) is 6.42 Å². The van der Waals surface area contributed by atoms with Gasteiger partial charge in [0.15, 0.2) is 6.10 Å². The monoisotopic (exact) mass is 350 g/mol. The van der Waals surface area contributed by atoms with Crippen LogP contribution in [0.15, 0.2) is 29.3 Å². The van der Waals surface area contributed by atoms with Crippen LogP contribution in [-0.2, 0) is 14.4 Å².